The van der Waals surface area contributed by atoms with E-state index in [0.29, 0.717) is 36.8 Å². The van der Waals surface area contributed by atoms with Crippen molar-refractivity contribution in [3.63, 3.8) is 0 Å². The number of rotatable bonds is 8. The average Bonchev–Trinajstić information content (AvgIpc) is 3.48. The van der Waals surface area contributed by atoms with Gasteiger partial charge in [-0.1, -0.05) is 24.3 Å². The molecule has 3 aromatic rings. The predicted molar refractivity (Wildman–Crippen MR) is 145 cm³/mol. The summed E-state index contributed by atoms with van der Waals surface area (Å²) in [6.07, 6.45) is 2.83. The molecule has 0 radical (unpaired) electrons. The fourth-order valence-electron chi connectivity index (χ4n) is 5.80. The Kier molecular flexibility index (Phi) is 8.16. The standard InChI is InChI=1S/C30H33F2N3O5/c1-34-16-24(23-4-2-3-5-27(23)34)29(37)33-26-11-6-18(12-25(26)32)13-28(36)35-15-20(31)14-21(35)17-40-22-9-7-19(8-10-22)30(38)39/h2-6,11-12,16,19-22H,7-10,13-15,17H2,1H3,(H,33,37)(H,38,39)/t19-,20-,21-,22-/m0/s1. The second kappa shape index (κ2) is 11.8. The molecule has 0 unspecified atom stereocenters. The highest BCUT2D eigenvalue weighted by atomic mass is 19.1. The zero-order chi connectivity index (χ0) is 28.4. The van der Waals surface area contributed by atoms with E-state index in [0.717, 1.165) is 10.9 Å². The second-order valence-electron chi connectivity index (χ2n) is 10.8. The normalized spacial score (nSPS) is 22.9. The van der Waals surface area contributed by atoms with Gasteiger partial charge in [-0.05, 0) is 49.4 Å². The number of aryl methyl sites for hydroxylation is 1. The van der Waals surface area contributed by atoms with E-state index in [-0.39, 0.29) is 49.6 Å². The number of nitrogens with one attached hydrogen (secondary N) is 1. The van der Waals surface area contributed by atoms with Crippen molar-refractivity contribution in [2.24, 2.45) is 13.0 Å². The first kappa shape index (κ1) is 27.8. The van der Waals surface area contributed by atoms with Crippen molar-refractivity contribution in [3.8, 4) is 0 Å². The lowest BCUT2D eigenvalue weighted by molar-refractivity contribution is -0.144. The number of carboxylic acid groups (broad SMARTS) is 1. The lowest BCUT2D eigenvalue weighted by atomic mass is 9.87. The molecule has 1 saturated heterocycles. The molecule has 212 valence electrons. The number of anilines is 1. The van der Waals surface area contributed by atoms with Crippen LogP contribution in [0, 0.1) is 11.7 Å². The van der Waals surface area contributed by atoms with Crippen LogP contribution in [0.2, 0.25) is 0 Å². The van der Waals surface area contributed by atoms with Crippen LogP contribution < -0.4 is 5.32 Å². The minimum absolute atomic E-state index is 0.00280. The number of alkyl halides is 1. The number of benzene rings is 2. The summed E-state index contributed by atoms with van der Waals surface area (Å²) in [6.45, 7) is 0.141. The summed E-state index contributed by atoms with van der Waals surface area (Å²) in [5.74, 6) is -2.57. The van der Waals surface area contributed by atoms with Crippen LogP contribution in [-0.4, -0.2) is 63.8 Å². The summed E-state index contributed by atoms with van der Waals surface area (Å²) in [4.78, 5) is 38.6. The molecule has 2 aromatic carbocycles. The maximum atomic E-state index is 15.0. The quantitative estimate of drug-likeness (QED) is 0.421. The van der Waals surface area contributed by atoms with E-state index in [1.54, 1.807) is 12.3 Å². The Labute approximate surface area is 230 Å². The maximum absolute atomic E-state index is 15.0. The molecule has 1 aliphatic carbocycles. The largest absolute Gasteiger partial charge is 0.481 e. The van der Waals surface area contributed by atoms with Crippen LogP contribution in [0.5, 0.6) is 0 Å². The highest BCUT2D eigenvalue weighted by Crippen LogP contribution is 2.29. The van der Waals surface area contributed by atoms with Gasteiger partial charge in [0.1, 0.15) is 12.0 Å². The van der Waals surface area contributed by atoms with Gasteiger partial charge in [0.2, 0.25) is 5.91 Å². The Bertz CT molecular complexity index is 1420. The molecule has 2 heterocycles. The molecule has 2 atom stereocenters. The van der Waals surface area contributed by atoms with Crippen LogP contribution in [0.25, 0.3) is 10.9 Å². The number of aromatic nitrogens is 1. The second-order valence-corrected chi connectivity index (χ2v) is 10.8. The zero-order valence-corrected chi connectivity index (χ0v) is 22.3. The van der Waals surface area contributed by atoms with E-state index in [4.69, 9.17) is 9.84 Å². The molecule has 1 aliphatic heterocycles. The molecule has 0 bridgehead atoms. The van der Waals surface area contributed by atoms with Crippen LogP contribution in [0.15, 0.2) is 48.7 Å². The van der Waals surface area contributed by atoms with Crippen molar-refractivity contribution >= 4 is 34.4 Å². The zero-order valence-electron chi connectivity index (χ0n) is 22.3. The smallest absolute Gasteiger partial charge is 0.306 e. The molecule has 8 nitrogen and oxygen atoms in total. The van der Waals surface area contributed by atoms with Crippen LogP contribution in [-0.2, 0) is 27.8 Å². The lowest BCUT2D eigenvalue weighted by Gasteiger charge is -2.29. The number of carbonyl (C=O) groups excluding carboxylic acids is 2. The van der Waals surface area contributed by atoms with Gasteiger partial charge < -0.3 is 24.6 Å². The van der Waals surface area contributed by atoms with E-state index in [1.807, 2.05) is 35.9 Å². The summed E-state index contributed by atoms with van der Waals surface area (Å²) >= 11 is 0. The molecular formula is C30H33F2N3O5. The number of likely N-dealkylation sites (tertiary alicyclic amines) is 1. The van der Waals surface area contributed by atoms with Crippen molar-refractivity contribution in [1.82, 2.24) is 9.47 Å². The Morgan fingerprint density at radius 3 is 2.58 bits per heavy atom. The number of para-hydroxylation sites is 1. The first-order valence-corrected chi connectivity index (χ1v) is 13.6. The van der Waals surface area contributed by atoms with Crippen molar-refractivity contribution in [2.75, 3.05) is 18.5 Å². The number of hydrogen-bond donors (Lipinski definition) is 2. The summed E-state index contributed by atoms with van der Waals surface area (Å²) < 4.78 is 37.0. The molecule has 0 spiro atoms. The van der Waals surface area contributed by atoms with Gasteiger partial charge in [0.25, 0.3) is 5.91 Å². The summed E-state index contributed by atoms with van der Waals surface area (Å²) in [6, 6.07) is 11.2. The molecule has 2 fully saturated rings. The molecule has 1 aromatic heterocycles. The van der Waals surface area contributed by atoms with Crippen LogP contribution in [0.4, 0.5) is 14.5 Å². The first-order chi connectivity index (χ1) is 19.2. The number of fused-ring (bicyclic) bond motifs is 1. The average molecular weight is 554 g/mol. The van der Waals surface area contributed by atoms with E-state index in [1.165, 1.54) is 17.0 Å². The molecule has 10 heteroatoms. The molecule has 2 amide bonds. The third kappa shape index (κ3) is 6.01. The van der Waals surface area contributed by atoms with Crippen LogP contribution >= 0.6 is 0 Å². The predicted octanol–water partition coefficient (Wildman–Crippen LogP) is 4.71. The number of halogens is 2. The Morgan fingerprint density at radius 1 is 1.10 bits per heavy atom. The van der Waals surface area contributed by atoms with Crippen LogP contribution in [0.3, 0.4) is 0 Å². The molecule has 2 aliphatic rings. The topological polar surface area (TPSA) is 101 Å². The molecular weight excluding hydrogens is 520 g/mol. The Morgan fingerprint density at radius 2 is 1.85 bits per heavy atom. The number of ether oxygens (including phenoxy) is 1. The van der Waals surface area contributed by atoms with Gasteiger partial charge in [-0.15, -0.1) is 0 Å². The maximum Gasteiger partial charge on any atom is 0.306 e. The number of carboxylic acids is 1. The van der Waals surface area contributed by atoms with Gasteiger partial charge in [-0.3, -0.25) is 14.4 Å². The number of amides is 2. The first-order valence-electron chi connectivity index (χ1n) is 13.6. The SMILES string of the molecule is Cn1cc(C(=O)Nc2ccc(CC(=O)N3C[C@@H](F)C[C@H]3CO[C@H]3CC[C@H](C(=O)O)CC3)cc2F)c2ccccc21. The fourth-order valence-corrected chi connectivity index (χ4v) is 5.80. The van der Waals surface area contributed by atoms with Crippen molar-refractivity contribution in [3.05, 3.63) is 65.6 Å². The van der Waals surface area contributed by atoms with Crippen molar-refractivity contribution in [1.29, 1.82) is 0 Å². The van der Waals surface area contributed by atoms with Crippen molar-refractivity contribution in [2.45, 2.75) is 56.8 Å². The van der Waals surface area contributed by atoms with Gasteiger partial charge >= 0.3 is 5.97 Å². The number of aliphatic carboxylic acids is 1. The van der Waals surface area contributed by atoms with E-state index in [9.17, 15) is 23.2 Å². The molecule has 40 heavy (non-hydrogen) atoms. The van der Waals surface area contributed by atoms with Gasteiger partial charge in [-0.2, -0.15) is 0 Å². The van der Waals surface area contributed by atoms with E-state index in [2.05, 4.69) is 5.32 Å². The summed E-state index contributed by atoms with van der Waals surface area (Å²) in [5.41, 5.74) is 1.73. The molecule has 2 N–H and O–H groups in total. The third-order valence-corrected chi connectivity index (χ3v) is 8.01. The highest BCUT2D eigenvalue weighted by Gasteiger charge is 2.36. The number of nitrogens with zero attached hydrogens (tertiary/aromatic N) is 2. The van der Waals surface area contributed by atoms with Gasteiger partial charge in [0, 0.05) is 30.6 Å². The van der Waals surface area contributed by atoms with E-state index >= 15 is 0 Å². The Hall–Kier alpha value is -3.79. The third-order valence-electron chi connectivity index (χ3n) is 8.01. The van der Waals surface area contributed by atoms with Crippen molar-refractivity contribution < 1.29 is 33.0 Å². The highest BCUT2D eigenvalue weighted by molar-refractivity contribution is 6.13. The Balaban J connectivity index is 1.18. The van der Waals surface area contributed by atoms with Crippen LogP contribution in [0.1, 0.15) is 48.0 Å². The van der Waals surface area contributed by atoms with E-state index < -0.39 is 29.9 Å². The lowest BCUT2D eigenvalue weighted by Crippen LogP contribution is -2.40. The number of carbonyl (C=O) groups is 3. The number of hydrogen-bond acceptors (Lipinski definition) is 4. The monoisotopic (exact) mass is 553 g/mol. The fraction of sp³-hybridized carbons (Fsp3) is 0.433. The summed E-state index contributed by atoms with van der Waals surface area (Å²) in [7, 11) is 1.83. The molecule has 5 rings (SSSR count). The van der Waals surface area contributed by atoms with Gasteiger partial charge in [0.15, 0.2) is 0 Å². The minimum atomic E-state index is -1.16. The van der Waals surface area contributed by atoms with Gasteiger partial charge in [-0.25, -0.2) is 8.78 Å². The van der Waals surface area contributed by atoms with Gasteiger partial charge in [0.05, 0.1) is 48.9 Å². The minimum Gasteiger partial charge on any atom is -0.481 e. The molecule has 1 saturated carbocycles. The summed E-state index contributed by atoms with van der Waals surface area (Å²) in [5, 5.41) is 12.5.